The van der Waals surface area contributed by atoms with E-state index >= 15 is 0 Å². The molecule has 1 unspecified atom stereocenters. The second-order valence-electron chi connectivity index (χ2n) is 10.5. The molecule has 0 radical (unpaired) electrons. The maximum atomic E-state index is 11.8. The van der Waals surface area contributed by atoms with Gasteiger partial charge in [-0.3, -0.25) is 9.78 Å². The Kier molecular flexibility index (Phi) is 4.91. The van der Waals surface area contributed by atoms with Gasteiger partial charge < -0.3 is 4.74 Å². The van der Waals surface area contributed by atoms with Gasteiger partial charge in [0.05, 0.1) is 0 Å². The Bertz CT molecular complexity index is 887. The van der Waals surface area contributed by atoms with Gasteiger partial charge >= 0.3 is 5.97 Å². The van der Waals surface area contributed by atoms with Crippen molar-refractivity contribution in [1.29, 1.82) is 0 Å². The average molecular weight is 406 g/mol. The van der Waals surface area contributed by atoms with E-state index in [0.717, 1.165) is 37.0 Å². The Morgan fingerprint density at radius 3 is 2.73 bits per heavy atom. The molecule has 0 bridgehead atoms. The topological polar surface area (TPSA) is 39.2 Å². The summed E-state index contributed by atoms with van der Waals surface area (Å²) >= 11 is 0. The van der Waals surface area contributed by atoms with Crippen molar-refractivity contribution in [3.8, 4) is 0 Å². The molecule has 3 nitrogen and oxygen atoms in total. The second kappa shape index (κ2) is 7.35. The number of esters is 1. The number of aromatic nitrogens is 1. The Labute approximate surface area is 181 Å². The highest BCUT2D eigenvalue weighted by molar-refractivity contribution is 5.72. The summed E-state index contributed by atoms with van der Waals surface area (Å²) in [6.07, 6.45) is 17.7. The zero-order chi connectivity index (χ0) is 20.9. The van der Waals surface area contributed by atoms with E-state index in [1.165, 1.54) is 36.8 Å². The van der Waals surface area contributed by atoms with E-state index in [1.807, 2.05) is 19.3 Å². The maximum absolute atomic E-state index is 11.8. The van der Waals surface area contributed by atoms with E-state index < -0.39 is 0 Å². The van der Waals surface area contributed by atoms with Crippen LogP contribution < -0.4 is 0 Å². The molecule has 0 N–H and O–H groups in total. The number of rotatable bonds is 3. The maximum Gasteiger partial charge on any atom is 0.305 e. The molecule has 6 atom stereocenters. The third-order valence-electron chi connectivity index (χ3n) is 9.20. The molecule has 30 heavy (non-hydrogen) atoms. The van der Waals surface area contributed by atoms with Crippen LogP contribution in [0, 0.1) is 28.6 Å². The van der Waals surface area contributed by atoms with Gasteiger partial charge in [0.15, 0.2) is 0 Å². The van der Waals surface area contributed by atoms with Crippen LogP contribution in [-0.2, 0) is 9.53 Å². The van der Waals surface area contributed by atoms with Gasteiger partial charge in [-0.15, -0.1) is 0 Å². The van der Waals surface area contributed by atoms with Crippen molar-refractivity contribution in [3.05, 3.63) is 47.8 Å². The van der Waals surface area contributed by atoms with Gasteiger partial charge in [-0.2, -0.15) is 0 Å². The molecule has 1 aromatic rings. The Balaban J connectivity index is 1.38. The van der Waals surface area contributed by atoms with Crippen molar-refractivity contribution < 1.29 is 9.53 Å². The summed E-state index contributed by atoms with van der Waals surface area (Å²) in [6.45, 7) is 6.91. The van der Waals surface area contributed by atoms with Crippen LogP contribution in [0.15, 0.2) is 42.3 Å². The molecule has 0 saturated heterocycles. The van der Waals surface area contributed by atoms with Crippen LogP contribution in [0.3, 0.4) is 0 Å². The van der Waals surface area contributed by atoms with Crippen molar-refractivity contribution in [2.45, 2.75) is 78.2 Å². The quantitative estimate of drug-likeness (QED) is 0.434. The first-order valence-electron chi connectivity index (χ1n) is 12.0. The summed E-state index contributed by atoms with van der Waals surface area (Å²) < 4.78 is 5.72. The van der Waals surface area contributed by atoms with Gasteiger partial charge in [0.25, 0.3) is 0 Å². The fraction of sp³-hybridized carbons (Fsp3) is 0.630. The zero-order valence-corrected chi connectivity index (χ0v) is 18.7. The van der Waals surface area contributed by atoms with Crippen LogP contribution in [-0.4, -0.2) is 17.1 Å². The van der Waals surface area contributed by atoms with Crippen molar-refractivity contribution in [2.24, 2.45) is 28.6 Å². The molecule has 5 rings (SSSR count). The summed E-state index contributed by atoms with van der Waals surface area (Å²) in [5.41, 5.74) is 4.99. The third kappa shape index (κ3) is 2.99. The molecule has 4 aliphatic rings. The van der Waals surface area contributed by atoms with E-state index in [4.69, 9.17) is 4.74 Å². The number of nitrogens with zero attached hydrogens (tertiary/aromatic N) is 1. The first kappa shape index (κ1) is 20.0. The molecule has 2 saturated carbocycles. The number of allylic oxidation sites excluding steroid dienone is 3. The fourth-order valence-corrected chi connectivity index (χ4v) is 7.53. The minimum atomic E-state index is -0.0497. The molecule has 3 heteroatoms. The van der Waals surface area contributed by atoms with Gasteiger partial charge in [0.2, 0.25) is 0 Å². The Hall–Kier alpha value is -1.90. The summed E-state index contributed by atoms with van der Waals surface area (Å²) in [5.74, 6) is 2.21. The summed E-state index contributed by atoms with van der Waals surface area (Å²) in [6, 6.07) is 4.30. The lowest BCUT2D eigenvalue weighted by molar-refractivity contribution is -0.150. The molecular weight excluding hydrogens is 370 g/mol. The minimum Gasteiger partial charge on any atom is -0.462 e. The number of hydrogen-bond donors (Lipinski definition) is 0. The van der Waals surface area contributed by atoms with Crippen LogP contribution in [0.2, 0.25) is 0 Å². The normalized spacial score (nSPS) is 39.8. The highest BCUT2D eigenvalue weighted by atomic mass is 16.5. The summed E-state index contributed by atoms with van der Waals surface area (Å²) in [7, 11) is 0. The molecular formula is C27H35NO2. The fourth-order valence-electron chi connectivity index (χ4n) is 7.53. The smallest absolute Gasteiger partial charge is 0.305 e. The van der Waals surface area contributed by atoms with Gasteiger partial charge in [-0.05, 0) is 84.3 Å². The van der Waals surface area contributed by atoms with Crippen molar-refractivity contribution in [3.63, 3.8) is 0 Å². The largest absolute Gasteiger partial charge is 0.462 e. The summed E-state index contributed by atoms with van der Waals surface area (Å²) in [5, 5.41) is 0. The van der Waals surface area contributed by atoms with E-state index in [9.17, 15) is 4.79 Å². The van der Waals surface area contributed by atoms with Crippen LogP contribution in [0.1, 0.15) is 77.7 Å². The van der Waals surface area contributed by atoms with Crippen LogP contribution in [0.4, 0.5) is 0 Å². The monoisotopic (exact) mass is 405 g/mol. The van der Waals surface area contributed by atoms with Crippen molar-refractivity contribution in [2.75, 3.05) is 0 Å². The summed E-state index contributed by atoms with van der Waals surface area (Å²) in [4.78, 5) is 16.2. The predicted molar refractivity (Wildman–Crippen MR) is 119 cm³/mol. The number of fused-ring (bicyclic) bond motifs is 5. The number of ether oxygens (including phenoxy) is 1. The Morgan fingerprint density at radius 1 is 1.13 bits per heavy atom. The molecule has 0 spiro atoms. The molecule has 0 amide bonds. The average Bonchev–Trinajstić information content (AvgIpc) is 3.11. The van der Waals surface area contributed by atoms with Crippen LogP contribution in [0.5, 0.6) is 0 Å². The lowest BCUT2D eigenvalue weighted by Crippen LogP contribution is -2.50. The molecule has 0 aliphatic heterocycles. The molecule has 160 valence electrons. The minimum absolute atomic E-state index is 0.0497. The number of carbonyl (C=O) groups excluding carboxylic acids is 1. The first-order valence-corrected chi connectivity index (χ1v) is 12.0. The van der Waals surface area contributed by atoms with E-state index in [0.29, 0.717) is 6.42 Å². The molecule has 0 aromatic carbocycles. The molecule has 1 heterocycles. The third-order valence-corrected chi connectivity index (χ3v) is 9.20. The Morgan fingerprint density at radius 2 is 1.97 bits per heavy atom. The zero-order valence-electron chi connectivity index (χ0n) is 18.7. The van der Waals surface area contributed by atoms with Gasteiger partial charge in [0, 0.05) is 25.2 Å². The standard InChI is InChI=1S/C27H35NO2/c1-4-25(29)30-20-11-13-26(2)19(16-20)7-8-21-23-10-9-22(18-6-5-15-28-17-18)27(23,3)14-12-24(21)26/h5-7,9,15,17,20-21,23-24H,4,8,10-14,16H2,1-3H3/t20?,21-,23-,24-,26-,27+/m0/s1. The lowest BCUT2D eigenvalue weighted by Gasteiger charge is -2.57. The van der Waals surface area contributed by atoms with E-state index in [2.05, 4.69) is 43.1 Å². The van der Waals surface area contributed by atoms with Crippen molar-refractivity contribution in [1.82, 2.24) is 4.98 Å². The van der Waals surface area contributed by atoms with Gasteiger partial charge in [0.1, 0.15) is 6.10 Å². The van der Waals surface area contributed by atoms with E-state index in [-0.39, 0.29) is 22.9 Å². The molecule has 2 fully saturated rings. The predicted octanol–water partition coefficient (Wildman–Crippen LogP) is 6.36. The van der Waals surface area contributed by atoms with E-state index in [1.54, 1.807) is 5.57 Å². The SMILES string of the molecule is CCC(=O)OC1CC[C@@]2(C)C(=CC[C@@H]3[C@@H]2CC[C@]2(C)C(c4cccnc4)=CC[C@@H]32)C1. The van der Waals surface area contributed by atoms with Crippen molar-refractivity contribution >= 4 is 11.5 Å². The number of hydrogen-bond acceptors (Lipinski definition) is 3. The second-order valence-corrected chi connectivity index (χ2v) is 10.5. The van der Waals surface area contributed by atoms with Crippen LogP contribution in [0.25, 0.3) is 5.57 Å². The number of pyridine rings is 1. The van der Waals surface area contributed by atoms with Crippen LogP contribution >= 0.6 is 0 Å². The molecule has 1 aromatic heterocycles. The van der Waals surface area contributed by atoms with Gasteiger partial charge in [-0.1, -0.05) is 44.6 Å². The van der Waals surface area contributed by atoms with Gasteiger partial charge in [-0.25, -0.2) is 0 Å². The lowest BCUT2D eigenvalue weighted by atomic mass is 9.47. The highest BCUT2D eigenvalue weighted by Gasteiger charge is 2.57. The molecule has 4 aliphatic carbocycles. The highest BCUT2D eigenvalue weighted by Crippen LogP contribution is 2.66. The first-order chi connectivity index (χ1) is 14.5. The number of carbonyl (C=O) groups is 1.